The molecule has 1 saturated heterocycles. The van der Waals surface area contributed by atoms with Crippen LogP contribution in [0.15, 0.2) is 30.5 Å². The monoisotopic (exact) mass is 442 g/mol. The van der Waals surface area contributed by atoms with Crippen LogP contribution in [-0.4, -0.2) is 52.4 Å². The first-order chi connectivity index (χ1) is 15.5. The van der Waals surface area contributed by atoms with Crippen LogP contribution in [0.4, 0.5) is 0 Å². The number of hydrogen-bond donors (Lipinski definition) is 4. The van der Waals surface area contributed by atoms with Gasteiger partial charge in [-0.25, -0.2) is 5.48 Å². The summed E-state index contributed by atoms with van der Waals surface area (Å²) in [7, 11) is 1.78. The summed E-state index contributed by atoms with van der Waals surface area (Å²) in [4.78, 5) is 43.1. The lowest BCUT2D eigenvalue weighted by molar-refractivity contribution is -0.138. The third-order valence-corrected chi connectivity index (χ3v) is 6.31. The summed E-state index contributed by atoms with van der Waals surface area (Å²) < 4.78 is 0. The number of rotatable bonds is 4. The fourth-order valence-electron chi connectivity index (χ4n) is 4.43. The van der Waals surface area contributed by atoms with Gasteiger partial charge in [0.05, 0.1) is 0 Å². The van der Waals surface area contributed by atoms with Crippen molar-refractivity contribution in [1.82, 2.24) is 20.7 Å². The van der Waals surface area contributed by atoms with Gasteiger partial charge in [-0.05, 0) is 24.5 Å². The molecule has 0 spiro atoms. The number of hydrogen-bond acceptors (Lipinski definition) is 4. The number of benzene rings is 1. The molecule has 1 aliphatic heterocycles. The first kappa shape index (κ1) is 23.8. The Morgan fingerprint density at radius 2 is 1.84 bits per heavy atom. The van der Waals surface area contributed by atoms with Crippen molar-refractivity contribution >= 4 is 28.6 Å². The van der Waals surface area contributed by atoms with E-state index in [2.05, 4.69) is 10.3 Å². The Labute approximate surface area is 188 Å². The lowest BCUT2D eigenvalue weighted by Crippen LogP contribution is -2.50. The van der Waals surface area contributed by atoms with Crippen molar-refractivity contribution in [1.29, 1.82) is 0 Å². The zero-order valence-electron chi connectivity index (χ0n) is 18.7. The fourth-order valence-corrected chi connectivity index (χ4v) is 4.43. The summed E-state index contributed by atoms with van der Waals surface area (Å²) in [6.45, 7) is 0.648. The molecule has 1 aromatic heterocycles. The average Bonchev–Trinajstić information content (AvgIpc) is 3.20. The minimum absolute atomic E-state index is 0.105. The maximum Gasteiger partial charge on any atom is 0.245 e. The quantitative estimate of drug-likeness (QED) is 0.430. The number of para-hydroxylation sites is 1. The number of nitrogens with one attached hydrogen (secondary N) is 3. The smallest absolute Gasteiger partial charge is 0.245 e. The molecule has 0 aliphatic carbocycles. The molecule has 4 N–H and O–H groups in total. The Morgan fingerprint density at radius 1 is 1.12 bits per heavy atom. The normalized spacial score (nSPS) is 21.8. The van der Waals surface area contributed by atoms with Gasteiger partial charge >= 0.3 is 0 Å². The molecule has 0 radical (unpaired) electrons. The van der Waals surface area contributed by atoms with E-state index in [1.807, 2.05) is 30.5 Å². The van der Waals surface area contributed by atoms with Gasteiger partial charge in [0.25, 0.3) is 0 Å². The molecule has 0 bridgehead atoms. The second kappa shape index (κ2) is 11.7. The van der Waals surface area contributed by atoms with Crippen molar-refractivity contribution in [3.63, 3.8) is 0 Å². The van der Waals surface area contributed by atoms with Gasteiger partial charge in [0.15, 0.2) is 0 Å². The first-order valence-corrected chi connectivity index (χ1v) is 11.5. The van der Waals surface area contributed by atoms with Crippen LogP contribution in [0, 0.1) is 5.92 Å². The second-order valence-electron chi connectivity index (χ2n) is 8.73. The average molecular weight is 443 g/mol. The molecule has 2 heterocycles. The maximum absolute atomic E-state index is 13.3. The zero-order valence-corrected chi connectivity index (χ0v) is 18.7. The van der Waals surface area contributed by atoms with Crippen molar-refractivity contribution in [2.45, 2.75) is 63.8 Å². The largest absolute Gasteiger partial charge is 0.361 e. The Hall–Kier alpha value is -2.87. The van der Waals surface area contributed by atoms with Gasteiger partial charge in [-0.2, -0.15) is 0 Å². The van der Waals surface area contributed by atoms with E-state index in [4.69, 9.17) is 5.21 Å². The molecule has 32 heavy (non-hydrogen) atoms. The van der Waals surface area contributed by atoms with E-state index >= 15 is 0 Å². The number of carbonyl (C=O) groups excluding carboxylic acids is 3. The standard InChI is InChI=1S/C24H34N4O4/c1-28-13-9-5-3-2-4-6-10-17(15-22(29)27-32)23(30)26-21(24(28)31)14-18-16-25-20-12-8-7-11-19(18)20/h7-8,11-12,16-17,21,25,32H,2-6,9-10,13-15H2,1H3,(H,26,30)(H,27,29). The fraction of sp³-hybridized carbons (Fsp3) is 0.542. The molecule has 2 aromatic rings. The molecule has 0 saturated carbocycles. The molecule has 174 valence electrons. The molecule has 3 amide bonds. The number of amides is 3. The first-order valence-electron chi connectivity index (χ1n) is 11.5. The van der Waals surface area contributed by atoms with E-state index in [1.165, 1.54) is 0 Å². The number of H-pyrrole nitrogens is 1. The number of carbonyl (C=O) groups is 3. The molecule has 1 aromatic carbocycles. The van der Waals surface area contributed by atoms with Crippen molar-refractivity contribution in [2.24, 2.45) is 5.92 Å². The van der Waals surface area contributed by atoms with Crippen molar-refractivity contribution in [2.75, 3.05) is 13.6 Å². The maximum atomic E-state index is 13.3. The van der Waals surface area contributed by atoms with Crippen LogP contribution in [0.3, 0.4) is 0 Å². The number of aromatic amines is 1. The Morgan fingerprint density at radius 3 is 2.62 bits per heavy atom. The highest BCUT2D eigenvalue weighted by molar-refractivity contribution is 5.91. The lowest BCUT2D eigenvalue weighted by Gasteiger charge is -2.27. The topological polar surface area (TPSA) is 115 Å². The predicted octanol–water partition coefficient (Wildman–Crippen LogP) is 2.91. The Balaban J connectivity index is 1.84. The molecule has 2 unspecified atom stereocenters. The van der Waals surface area contributed by atoms with E-state index in [0.717, 1.165) is 55.0 Å². The molecule has 8 heteroatoms. The van der Waals surface area contributed by atoms with Gasteiger partial charge in [0, 0.05) is 49.5 Å². The lowest BCUT2D eigenvalue weighted by atomic mass is 9.94. The van der Waals surface area contributed by atoms with Gasteiger partial charge in [0.2, 0.25) is 17.7 Å². The van der Waals surface area contributed by atoms with Gasteiger partial charge in [-0.15, -0.1) is 0 Å². The predicted molar refractivity (Wildman–Crippen MR) is 122 cm³/mol. The minimum atomic E-state index is -0.727. The van der Waals surface area contributed by atoms with E-state index in [1.54, 1.807) is 17.4 Å². The van der Waals surface area contributed by atoms with Crippen LogP contribution in [-0.2, 0) is 20.8 Å². The molecule has 1 fully saturated rings. The van der Waals surface area contributed by atoms with E-state index in [0.29, 0.717) is 19.4 Å². The zero-order chi connectivity index (χ0) is 22.9. The summed E-state index contributed by atoms with van der Waals surface area (Å²) >= 11 is 0. The molecule has 3 rings (SSSR count). The number of nitrogens with zero attached hydrogens (tertiary/aromatic N) is 1. The summed E-state index contributed by atoms with van der Waals surface area (Å²) in [6, 6.07) is 7.14. The van der Waals surface area contributed by atoms with Gasteiger partial charge in [-0.3, -0.25) is 19.6 Å². The second-order valence-corrected chi connectivity index (χ2v) is 8.73. The molecule has 1 aliphatic rings. The molecular weight excluding hydrogens is 408 g/mol. The summed E-state index contributed by atoms with van der Waals surface area (Å²) in [5.74, 6) is -1.64. The van der Waals surface area contributed by atoms with E-state index < -0.39 is 17.9 Å². The highest BCUT2D eigenvalue weighted by Crippen LogP contribution is 2.21. The highest BCUT2D eigenvalue weighted by Gasteiger charge is 2.29. The Bertz CT molecular complexity index is 926. The van der Waals surface area contributed by atoms with Crippen molar-refractivity contribution in [3.05, 3.63) is 36.0 Å². The molecular formula is C24H34N4O4. The van der Waals surface area contributed by atoms with Crippen LogP contribution in [0.1, 0.15) is 56.9 Å². The van der Waals surface area contributed by atoms with E-state index in [9.17, 15) is 14.4 Å². The Kier molecular flexibility index (Phi) is 8.67. The van der Waals surface area contributed by atoms with Crippen LogP contribution in [0.2, 0.25) is 0 Å². The molecule has 2 atom stereocenters. The number of fused-ring (bicyclic) bond motifs is 1. The summed E-state index contributed by atoms with van der Waals surface area (Å²) in [5, 5.41) is 12.9. The van der Waals surface area contributed by atoms with Crippen molar-refractivity contribution < 1.29 is 19.6 Å². The SMILES string of the molecule is CN1CCCCCCCCC(CC(=O)NO)C(=O)NC(Cc2c[nH]c3ccccc23)C1=O. The highest BCUT2D eigenvalue weighted by atomic mass is 16.5. The van der Waals surface area contributed by atoms with Crippen LogP contribution < -0.4 is 10.8 Å². The van der Waals surface area contributed by atoms with Gasteiger partial charge < -0.3 is 15.2 Å². The van der Waals surface area contributed by atoms with Crippen LogP contribution in [0.25, 0.3) is 10.9 Å². The third-order valence-electron chi connectivity index (χ3n) is 6.31. The minimum Gasteiger partial charge on any atom is -0.361 e. The van der Waals surface area contributed by atoms with E-state index in [-0.39, 0.29) is 18.2 Å². The summed E-state index contributed by atoms with van der Waals surface area (Å²) in [5.41, 5.74) is 3.56. The number of hydroxylamine groups is 1. The van der Waals surface area contributed by atoms with Gasteiger partial charge in [-0.1, -0.05) is 50.3 Å². The van der Waals surface area contributed by atoms with Gasteiger partial charge in [0.1, 0.15) is 6.04 Å². The van der Waals surface area contributed by atoms with Crippen LogP contribution >= 0.6 is 0 Å². The van der Waals surface area contributed by atoms with Crippen molar-refractivity contribution in [3.8, 4) is 0 Å². The van der Waals surface area contributed by atoms with Crippen LogP contribution in [0.5, 0.6) is 0 Å². The number of likely N-dealkylation sites (N-methyl/N-ethyl adjacent to an activating group) is 1. The summed E-state index contributed by atoms with van der Waals surface area (Å²) in [6.07, 6.45) is 8.67. The number of aromatic nitrogens is 1. The third kappa shape index (κ3) is 6.32. The molecule has 8 nitrogen and oxygen atoms in total.